The number of halogens is 3. The van der Waals surface area contributed by atoms with Crippen LogP contribution >= 0.6 is 0 Å². The molecule has 1 amide bonds. The Hall–Kier alpha value is -2.35. The van der Waals surface area contributed by atoms with E-state index in [0.29, 0.717) is 25.1 Å². The maximum absolute atomic E-state index is 13.5. The summed E-state index contributed by atoms with van der Waals surface area (Å²) in [6.07, 6.45) is 1.86. The Bertz CT molecular complexity index is 701. The first-order valence-corrected chi connectivity index (χ1v) is 6.24. The van der Waals surface area contributed by atoms with E-state index in [-0.39, 0.29) is 0 Å². The van der Waals surface area contributed by atoms with Crippen molar-refractivity contribution in [3.05, 3.63) is 47.3 Å². The lowest BCUT2D eigenvalue weighted by molar-refractivity contribution is -0.118. The van der Waals surface area contributed by atoms with Crippen LogP contribution in [-0.2, 0) is 17.8 Å². The number of fused-ring (bicyclic) bond motifs is 1. The van der Waals surface area contributed by atoms with Crippen LogP contribution in [0.1, 0.15) is 11.4 Å². The van der Waals surface area contributed by atoms with Crippen LogP contribution in [0.5, 0.6) is 0 Å². The van der Waals surface area contributed by atoms with E-state index in [1.54, 1.807) is 0 Å². The Morgan fingerprint density at radius 3 is 2.81 bits per heavy atom. The minimum Gasteiger partial charge on any atom is -0.347 e. The lowest BCUT2D eigenvalue weighted by Gasteiger charge is -2.22. The van der Waals surface area contributed by atoms with Crippen LogP contribution < -0.4 is 10.6 Å². The van der Waals surface area contributed by atoms with Crippen LogP contribution in [0.25, 0.3) is 0 Å². The molecule has 110 valence electrons. The van der Waals surface area contributed by atoms with Crippen molar-refractivity contribution in [3.63, 3.8) is 0 Å². The van der Waals surface area contributed by atoms with Crippen LogP contribution in [0.4, 0.5) is 18.9 Å². The van der Waals surface area contributed by atoms with E-state index in [9.17, 15) is 18.0 Å². The average Bonchev–Trinajstić information content (AvgIpc) is 2.92. The molecule has 1 aromatic heterocycles. The number of benzene rings is 1. The summed E-state index contributed by atoms with van der Waals surface area (Å²) in [7, 11) is 0. The number of hydrogen-bond donors (Lipinski definition) is 3. The molecule has 0 saturated heterocycles. The molecule has 1 unspecified atom stereocenters. The van der Waals surface area contributed by atoms with Crippen LogP contribution in [0.2, 0.25) is 0 Å². The summed E-state index contributed by atoms with van der Waals surface area (Å²) in [6.45, 7) is 0.424. The van der Waals surface area contributed by atoms with Gasteiger partial charge in [0.2, 0.25) is 5.91 Å². The molecule has 3 N–H and O–H groups in total. The van der Waals surface area contributed by atoms with E-state index < -0.39 is 35.1 Å². The number of anilines is 1. The third kappa shape index (κ3) is 2.62. The van der Waals surface area contributed by atoms with Crippen molar-refractivity contribution < 1.29 is 18.0 Å². The first-order valence-electron chi connectivity index (χ1n) is 6.24. The normalized spacial score (nSPS) is 17.4. The molecule has 8 heteroatoms. The maximum atomic E-state index is 13.5. The Kier molecular flexibility index (Phi) is 3.38. The fraction of sp³-hybridized carbons (Fsp3) is 0.231. The molecule has 21 heavy (non-hydrogen) atoms. The molecule has 1 atom stereocenters. The van der Waals surface area contributed by atoms with Crippen LogP contribution in [0, 0.1) is 17.5 Å². The molecule has 0 spiro atoms. The topological polar surface area (TPSA) is 69.8 Å². The van der Waals surface area contributed by atoms with Gasteiger partial charge in [-0.15, -0.1) is 0 Å². The second kappa shape index (κ2) is 5.21. The number of rotatable bonds is 2. The molecule has 1 aliphatic rings. The first kappa shape index (κ1) is 13.6. The SMILES string of the molecule is O=C(Nc1cc(F)c(F)cc1F)C1Cc2nc[nH]c2CN1. The molecule has 2 heterocycles. The summed E-state index contributed by atoms with van der Waals surface area (Å²) in [6, 6.07) is 0.393. The Labute approximate surface area is 117 Å². The highest BCUT2D eigenvalue weighted by molar-refractivity contribution is 5.95. The minimum atomic E-state index is -1.30. The highest BCUT2D eigenvalue weighted by Gasteiger charge is 2.26. The van der Waals surface area contributed by atoms with Gasteiger partial charge in [0, 0.05) is 25.1 Å². The Balaban J connectivity index is 1.74. The molecule has 3 rings (SSSR count). The van der Waals surface area contributed by atoms with E-state index in [1.807, 2.05) is 0 Å². The molecule has 0 radical (unpaired) electrons. The number of imidazole rings is 1. The largest absolute Gasteiger partial charge is 0.347 e. The molecule has 1 aliphatic heterocycles. The number of nitrogens with one attached hydrogen (secondary N) is 3. The van der Waals surface area contributed by atoms with Crippen LogP contribution in [-0.4, -0.2) is 21.9 Å². The van der Waals surface area contributed by atoms with E-state index in [0.717, 1.165) is 11.4 Å². The zero-order valence-corrected chi connectivity index (χ0v) is 10.7. The summed E-state index contributed by atoms with van der Waals surface area (Å²) in [5, 5.41) is 5.20. The van der Waals surface area contributed by atoms with Gasteiger partial charge in [0.25, 0.3) is 0 Å². The molecule has 0 saturated carbocycles. The smallest absolute Gasteiger partial charge is 0.242 e. The number of H-pyrrole nitrogens is 1. The van der Waals surface area contributed by atoms with Gasteiger partial charge in [-0.05, 0) is 0 Å². The van der Waals surface area contributed by atoms with Crippen molar-refractivity contribution in [1.82, 2.24) is 15.3 Å². The zero-order chi connectivity index (χ0) is 15.0. The van der Waals surface area contributed by atoms with Gasteiger partial charge in [-0.25, -0.2) is 18.2 Å². The van der Waals surface area contributed by atoms with Crippen molar-refractivity contribution in [2.75, 3.05) is 5.32 Å². The van der Waals surface area contributed by atoms with Gasteiger partial charge in [0.1, 0.15) is 5.82 Å². The number of carbonyl (C=O) groups excluding carboxylic acids is 1. The molecule has 1 aromatic carbocycles. The average molecular weight is 296 g/mol. The Morgan fingerprint density at radius 2 is 2.00 bits per heavy atom. The lowest BCUT2D eigenvalue weighted by atomic mass is 10.0. The van der Waals surface area contributed by atoms with E-state index in [2.05, 4.69) is 20.6 Å². The van der Waals surface area contributed by atoms with Gasteiger partial charge in [-0.2, -0.15) is 0 Å². The summed E-state index contributed by atoms with van der Waals surface area (Å²) in [5.74, 6) is -4.09. The highest BCUT2D eigenvalue weighted by Crippen LogP contribution is 2.19. The second-order valence-corrected chi connectivity index (χ2v) is 4.70. The van der Waals surface area contributed by atoms with Crippen LogP contribution in [0.3, 0.4) is 0 Å². The minimum absolute atomic E-state index is 0.329. The fourth-order valence-corrected chi connectivity index (χ4v) is 2.19. The van der Waals surface area contributed by atoms with Gasteiger partial charge in [-0.1, -0.05) is 0 Å². The van der Waals surface area contributed by atoms with Crippen LogP contribution in [0.15, 0.2) is 18.5 Å². The van der Waals surface area contributed by atoms with Crippen molar-refractivity contribution in [3.8, 4) is 0 Å². The third-order valence-electron chi connectivity index (χ3n) is 3.31. The third-order valence-corrected chi connectivity index (χ3v) is 3.31. The summed E-state index contributed by atoms with van der Waals surface area (Å²) >= 11 is 0. The quantitative estimate of drug-likeness (QED) is 0.735. The highest BCUT2D eigenvalue weighted by atomic mass is 19.2. The molecule has 0 fully saturated rings. The molecule has 5 nitrogen and oxygen atoms in total. The number of aromatic nitrogens is 2. The molecule has 0 aliphatic carbocycles. The van der Waals surface area contributed by atoms with E-state index in [4.69, 9.17) is 0 Å². The molecule has 0 bridgehead atoms. The van der Waals surface area contributed by atoms with Crippen molar-refractivity contribution >= 4 is 11.6 Å². The number of aromatic amines is 1. The fourth-order valence-electron chi connectivity index (χ4n) is 2.19. The number of carbonyl (C=O) groups is 1. The zero-order valence-electron chi connectivity index (χ0n) is 10.7. The van der Waals surface area contributed by atoms with Crippen molar-refractivity contribution in [2.45, 2.75) is 19.0 Å². The summed E-state index contributed by atoms with van der Waals surface area (Å²) in [4.78, 5) is 19.1. The predicted molar refractivity (Wildman–Crippen MR) is 67.9 cm³/mol. The number of amides is 1. The number of nitrogens with zero attached hydrogens (tertiary/aromatic N) is 1. The second-order valence-electron chi connectivity index (χ2n) is 4.70. The molecule has 2 aromatic rings. The molecular formula is C13H11F3N4O. The van der Waals surface area contributed by atoms with E-state index >= 15 is 0 Å². The summed E-state index contributed by atoms with van der Waals surface area (Å²) in [5.41, 5.74) is 1.24. The van der Waals surface area contributed by atoms with Crippen molar-refractivity contribution in [2.24, 2.45) is 0 Å². The van der Waals surface area contributed by atoms with Gasteiger partial charge in [0.05, 0.1) is 29.4 Å². The monoisotopic (exact) mass is 296 g/mol. The predicted octanol–water partition coefficient (Wildman–Crippen LogP) is 1.48. The molecular weight excluding hydrogens is 285 g/mol. The number of hydrogen-bond acceptors (Lipinski definition) is 3. The van der Waals surface area contributed by atoms with Crippen molar-refractivity contribution in [1.29, 1.82) is 0 Å². The first-order chi connectivity index (χ1) is 10.0. The van der Waals surface area contributed by atoms with Gasteiger partial charge in [0.15, 0.2) is 11.6 Å². The Morgan fingerprint density at radius 1 is 1.24 bits per heavy atom. The van der Waals surface area contributed by atoms with Gasteiger partial charge in [-0.3, -0.25) is 10.1 Å². The maximum Gasteiger partial charge on any atom is 0.242 e. The van der Waals surface area contributed by atoms with Gasteiger partial charge >= 0.3 is 0 Å². The van der Waals surface area contributed by atoms with Gasteiger partial charge < -0.3 is 10.3 Å². The van der Waals surface area contributed by atoms with E-state index in [1.165, 1.54) is 6.33 Å². The summed E-state index contributed by atoms with van der Waals surface area (Å²) < 4.78 is 39.4. The lowest BCUT2D eigenvalue weighted by Crippen LogP contribution is -2.44. The standard InChI is InChI=1S/C13H11F3N4O/c14-6-1-8(16)9(2-7(6)15)20-13(21)11-3-10-12(4-17-11)19-5-18-10/h1-2,5,11,17H,3-4H2,(H,18,19)(H,20,21).